The first-order valence-electron chi connectivity index (χ1n) is 12.5. The molecule has 6 heteroatoms. The number of rotatable bonds is 5. The van der Waals surface area contributed by atoms with Crippen LogP contribution in [0.5, 0.6) is 0 Å². The quantitative estimate of drug-likeness (QED) is 0.648. The van der Waals surface area contributed by atoms with Crippen LogP contribution in [0.15, 0.2) is 53.3 Å². The number of aromatic nitrogens is 1. The summed E-state index contributed by atoms with van der Waals surface area (Å²) in [6, 6.07) is 12.5. The normalized spacial score (nSPS) is 21.5. The molecule has 2 aromatic rings. The molecule has 170 valence electrons. The Morgan fingerprint density at radius 3 is 2.42 bits per heavy atom. The number of hydrazone groups is 1. The number of hydrogen-bond acceptors (Lipinski definition) is 4. The van der Waals surface area contributed by atoms with Crippen LogP contribution < -0.4 is 10.9 Å². The molecule has 2 N–H and O–H groups in total. The second kappa shape index (κ2) is 9.94. The number of pyridine rings is 1. The molecule has 1 aromatic carbocycles. The summed E-state index contributed by atoms with van der Waals surface area (Å²) >= 11 is 0. The van der Waals surface area contributed by atoms with E-state index >= 15 is 0 Å². The number of benzene rings is 1. The van der Waals surface area contributed by atoms with Gasteiger partial charge in [0.1, 0.15) is 0 Å². The zero-order valence-electron chi connectivity index (χ0n) is 19.2. The van der Waals surface area contributed by atoms with Gasteiger partial charge in [-0.15, -0.1) is 0 Å². The van der Waals surface area contributed by atoms with Gasteiger partial charge in [0.25, 0.3) is 0 Å². The van der Waals surface area contributed by atoms with Crippen molar-refractivity contribution < 1.29 is 9.90 Å². The number of carbonyl (C=O) groups is 1. The number of nitrogens with zero attached hydrogens (tertiary/aromatic N) is 2. The highest BCUT2D eigenvalue weighted by Crippen LogP contribution is 2.37. The van der Waals surface area contributed by atoms with Crippen LogP contribution in [-0.4, -0.2) is 29.1 Å². The second-order valence-corrected chi connectivity index (χ2v) is 9.80. The maximum absolute atomic E-state index is 11.2. The number of hydrogen-bond donors (Lipinski definition) is 2. The van der Waals surface area contributed by atoms with Crippen molar-refractivity contribution in [1.29, 1.82) is 0 Å². The zero-order chi connectivity index (χ0) is 22.6. The van der Waals surface area contributed by atoms with Gasteiger partial charge in [0, 0.05) is 12.1 Å². The summed E-state index contributed by atoms with van der Waals surface area (Å²) < 4.78 is 0. The Morgan fingerprint density at radius 1 is 0.939 bits per heavy atom. The first kappa shape index (κ1) is 21.9. The highest BCUT2D eigenvalue weighted by atomic mass is 16.4. The Morgan fingerprint density at radius 2 is 1.70 bits per heavy atom. The smallest absolute Gasteiger partial charge is 0.337 e. The van der Waals surface area contributed by atoms with E-state index in [4.69, 9.17) is 5.10 Å². The molecular formula is C27H32BN3O2. The van der Waals surface area contributed by atoms with E-state index in [0.717, 1.165) is 35.8 Å². The Balaban J connectivity index is 1.42. The number of allylic oxidation sites excluding steroid dienone is 1. The molecule has 0 saturated heterocycles. The predicted molar refractivity (Wildman–Crippen MR) is 134 cm³/mol. The van der Waals surface area contributed by atoms with Gasteiger partial charge in [0.2, 0.25) is 0 Å². The maximum atomic E-state index is 11.2. The molecule has 2 aliphatic carbocycles. The summed E-state index contributed by atoms with van der Waals surface area (Å²) in [5.74, 6) is 0.124. The molecule has 1 aromatic heterocycles. The van der Waals surface area contributed by atoms with Crippen LogP contribution in [0, 0.1) is 5.92 Å². The van der Waals surface area contributed by atoms with E-state index in [1.165, 1.54) is 81.4 Å². The molecule has 3 aliphatic rings. The first-order valence-corrected chi connectivity index (χ1v) is 12.5. The van der Waals surface area contributed by atoms with Crippen molar-refractivity contribution in [1.82, 2.24) is 10.4 Å². The molecule has 1 unspecified atom stereocenters. The molecule has 0 spiro atoms. The van der Waals surface area contributed by atoms with Crippen molar-refractivity contribution in [3.8, 4) is 0 Å². The van der Waals surface area contributed by atoms with Crippen LogP contribution in [0.25, 0.3) is 5.70 Å². The minimum absolute atomic E-state index is 0.204. The minimum Gasteiger partial charge on any atom is -0.478 e. The number of aromatic carboxylic acids is 1. The molecule has 0 radical (unpaired) electrons. The highest BCUT2D eigenvalue weighted by molar-refractivity contribution is 6.55. The lowest BCUT2D eigenvalue weighted by molar-refractivity contribution is 0.0696. The second-order valence-electron chi connectivity index (χ2n) is 9.80. The van der Waals surface area contributed by atoms with Crippen LogP contribution in [0.3, 0.4) is 0 Å². The molecule has 2 heterocycles. The average Bonchev–Trinajstić information content (AvgIpc) is 3.33. The van der Waals surface area contributed by atoms with Gasteiger partial charge in [-0.2, -0.15) is 5.10 Å². The number of carboxylic acids is 1. The van der Waals surface area contributed by atoms with E-state index in [1.807, 2.05) is 0 Å². The monoisotopic (exact) mass is 441 g/mol. The lowest BCUT2D eigenvalue weighted by atomic mass is 9.58. The fourth-order valence-electron chi connectivity index (χ4n) is 5.75. The van der Waals surface area contributed by atoms with E-state index in [-0.39, 0.29) is 11.5 Å². The average molecular weight is 441 g/mol. The topological polar surface area (TPSA) is 74.6 Å². The molecule has 2 saturated carbocycles. The van der Waals surface area contributed by atoms with Crippen LogP contribution in [0.2, 0.25) is 5.82 Å². The van der Waals surface area contributed by atoms with Gasteiger partial charge >= 0.3 is 5.97 Å². The van der Waals surface area contributed by atoms with Gasteiger partial charge in [-0.25, -0.2) is 4.79 Å². The molecular weight excluding hydrogens is 409 g/mol. The Hall–Kier alpha value is -2.89. The Bertz CT molecular complexity index is 1050. The summed E-state index contributed by atoms with van der Waals surface area (Å²) in [4.78, 5) is 15.7. The third-order valence-electron chi connectivity index (χ3n) is 7.56. The molecule has 5 rings (SSSR count). The summed E-state index contributed by atoms with van der Waals surface area (Å²) in [6.07, 6.45) is 14.0. The number of nitrogens with one attached hydrogen (secondary N) is 1. The molecule has 2 fully saturated rings. The lowest BCUT2D eigenvalue weighted by Gasteiger charge is -2.31. The first-order chi connectivity index (χ1) is 16.2. The fourth-order valence-corrected chi connectivity index (χ4v) is 5.75. The van der Waals surface area contributed by atoms with Crippen molar-refractivity contribution >= 4 is 30.1 Å². The number of carboxylic acid groups (broad SMARTS) is 1. The summed E-state index contributed by atoms with van der Waals surface area (Å²) in [5, 5.41) is 14.0. The van der Waals surface area contributed by atoms with E-state index in [0.29, 0.717) is 0 Å². The van der Waals surface area contributed by atoms with Crippen LogP contribution >= 0.6 is 0 Å². The molecule has 1 aliphatic heterocycles. The largest absolute Gasteiger partial charge is 0.478 e. The predicted octanol–water partition coefficient (Wildman–Crippen LogP) is 4.89. The standard InChI is InChI=1S/C27H32BN3O2/c32-27(33)19-13-16-24(29-17-19)26-23-10-4-2-1-3-9-22(23)25(30-31-26)18-11-14-21(15-12-18)28-20-7-5-6-8-20/h11-17,20,23,28,30H,1-10H2,(H,32,33). The third-order valence-corrected chi connectivity index (χ3v) is 7.56. The van der Waals surface area contributed by atoms with Crippen molar-refractivity contribution in [2.75, 3.05) is 0 Å². The summed E-state index contributed by atoms with van der Waals surface area (Å²) in [6.45, 7) is 0. The maximum Gasteiger partial charge on any atom is 0.337 e. The molecule has 1 atom stereocenters. The molecule has 0 amide bonds. The Labute approximate surface area is 196 Å². The fraction of sp³-hybridized carbons (Fsp3) is 0.444. The minimum atomic E-state index is -0.956. The molecule has 5 nitrogen and oxygen atoms in total. The van der Waals surface area contributed by atoms with Crippen molar-refractivity contribution in [3.05, 3.63) is 65.0 Å². The van der Waals surface area contributed by atoms with Gasteiger partial charge in [-0.1, -0.05) is 80.5 Å². The number of fused-ring (bicyclic) bond motifs is 1. The van der Waals surface area contributed by atoms with Crippen LogP contribution in [0.4, 0.5) is 0 Å². The van der Waals surface area contributed by atoms with Crippen molar-refractivity contribution in [2.24, 2.45) is 11.0 Å². The summed E-state index contributed by atoms with van der Waals surface area (Å²) in [5.41, 5.74) is 10.5. The van der Waals surface area contributed by atoms with Crippen LogP contribution in [0.1, 0.15) is 85.8 Å². The SMILES string of the molecule is O=C(O)c1ccc(C2=NNC(c3ccc(BC4CCCC4)cc3)=C3CCCCCCC23)nc1. The van der Waals surface area contributed by atoms with E-state index in [1.54, 1.807) is 12.1 Å². The van der Waals surface area contributed by atoms with Gasteiger partial charge < -0.3 is 5.11 Å². The third kappa shape index (κ3) is 4.90. The van der Waals surface area contributed by atoms with Gasteiger partial charge in [-0.3, -0.25) is 10.4 Å². The summed E-state index contributed by atoms with van der Waals surface area (Å²) in [7, 11) is 1.20. The zero-order valence-corrected chi connectivity index (χ0v) is 19.2. The highest BCUT2D eigenvalue weighted by Gasteiger charge is 2.30. The van der Waals surface area contributed by atoms with Crippen molar-refractivity contribution in [3.63, 3.8) is 0 Å². The lowest BCUT2D eigenvalue weighted by Crippen LogP contribution is -2.30. The molecule has 0 bridgehead atoms. The van der Waals surface area contributed by atoms with Gasteiger partial charge in [0.15, 0.2) is 7.28 Å². The van der Waals surface area contributed by atoms with E-state index < -0.39 is 5.97 Å². The van der Waals surface area contributed by atoms with Gasteiger partial charge in [-0.05, 0) is 42.5 Å². The van der Waals surface area contributed by atoms with Crippen LogP contribution in [-0.2, 0) is 0 Å². The Kier molecular flexibility index (Phi) is 6.61. The van der Waals surface area contributed by atoms with E-state index in [2.05, 4.69) is 34.7 Å². The van der Waals surface area contributed by atoms with Crippen molar-refractivity contribution in [2.45, 2.75) is 70.0 Å². The van der Waals surface area contributed by atoms with Gasteiger partial charge in [0.05, 0.1) is 22.7 Å². The van der Waals surface area contributed by atoms with E-state index in [9.17, 15) is 9.90 Å². The molecule has 33 heavy (non-hydrogen) atoms.